The van der Waals surface area contributed by atoms with Gasteiger partial charge in [-0.15, -0.1) is 0 Å². The molecule has 8 nitrogen and oxygen atoms in total. The Morgan fingerprint density at radius 3 is 2.56 bits per heavy atom. The Kier molecular flexibility index (Phi) is 6.38. The van der Waals surface area contributed by atoms with Gasteiger partial charge in [-0.1, -0.05) is 25.4 Å². The van der Waals surface area contributed by atoms with E-state index in [2.05, 4.69) is 10.4 Å². The van der Waals surface area contributed by atoms with Crippen LogP contribution in [0.15, 0.2) is 28.0 Å². The van der Waals surface area contributed by atoms with Gasteiger partial charge in [-0.25, -0.2) is 13.2 Å². The van der Waals surface area contributed by atoms with Crippen LogP contribution in [0.1, 0.15) is 32.2 Å². The van der Waals surface area contributed by atoms with Crippen LogP contribution in [-0.2, 0) is 29.2 Å². The summed E-state index contributed by atoms with van der Waals surface area (Å²) >= 11 is 6.00. The van der Waals surface area contributed by atoms with Crippen molar-refractivity contribution in [3.05, 3.63) is 34.6 Å². The predicted octanol–water partition coefficient (Wildman–Crippen LogP) is 2.73. The summed E-state index contributed by atoms with van der Waals surface area (Å²) in [7, 11) is -3.86. The van der Waals surface area contributed by atoms with Crippen LogP contribution < -0.4 is 11.1 Å². The molecule has 148 valence electrons. The fourth-order valence-corrected chi connectivity index (χ4v) is 4.94. The van der Waals surface area contributed by atoms with Crippen LogP contribution in [0.25, 0.3) is 0 Å². The first-order valence-electron chi connectivity index (χ1n) is 8.49. The van der Waals surface area contributed by atoms with Crippen molar-refractivity contribution in [3.63, 3.8) is 0 Å². The van der Waals surface area contributed by atoms with Crippen molar-refractivity contribution >= 4 is 33.2 Å². The van der Waals surface area contributed by atoms with Crippen LogP contribution >= 0.6 is 11.6 Å². The number of nitrogen functional groups attached to an aromatic ring is 1. The van der Waals surface area contributed by atoms with E-state index in [9.17, 15) is 13.2 Å². The Labute approximate surface area is 163 Å². The predicted molar refractivity (Wildman–Crippen MR) is 103 cm³/mol. The number of rotatable bonds is 7. The molecule has 0 saturated carbocycles. The molecule has 1 heterocycles. The highest BCUT2D eigenvalue weighted by Crippen LogP contribution is 2.31. The largest absolute Gasteiger partial charge is 0.465 e. The summed E-state index contributed by atoms with van der Waals surface area (Å²) < 4.78 is 28.1. The van der Waals surface area contributed by atoms with Crippen LogP contribution in [0.5, 0.6) is 0 Å². The molecule has 0 aliphatic rings. The second-order valence-electron chi connectivity index (χ2n) is 6.15. The van der Waals surface area contributed by atoms with Gasteiger partial charge in [-0.2, -0.15) is 5.10 Å². The Morgan fingerprint density at radius 2 is 2.04 bits per heavy atom. The number of carboxylic acid groups (broad SMARTS) is 1. The molecule has 0 unspecified atom stereocenters. The molecule has 0 radical (unpaired) electrons. The minimum atomic E-state index is -3.86. The zero-order chi connectivity index (χ0) is 20.4. The third-order valence-electron chi connectivity index (χ3n) is 4.11. The lowest BCUT2D eigenvalue weighted by molar-refractivity contribution is 0.189. The highest BCUT2D eigenvalue weighted by atomic mass is 35.5. The standard InChI is InChI=1S/C17H23ClN4O4S/c1-4-14-16(27(25,26)11-6-7-13(19)12(18)8-11)15(5-2)22(21-14)9-10(3)20-17(23)24/h6-8,10,20H,4-5,9,19H2,1-3H3,(H,23,24)/t10-/m0/s1. The fraction of sp³-hybridized carbons (Fsp3) is 0.412. The maximum atomic E-state index is 13.3. The first-order chi connectivity index (χ1) is 12.6. The maximum Gasteiger partial charge on any atom is 0.404 e. The second-order valence-corrected chi connectivity index (χ2v) is 8.44. The number of sulfone groups is 1. The zero-order valence-corrected chi connectivity index (χ0v) is 16.9. The van der Waals surface area contributed by atoms with Gasteiger partial charge in [-0.05, 0) is 38.0 Å². The molecular formula is C17H23ClN4O4S. The van der Waals surface area contributed by atoms with Gasteiger partial charge in [0.15, 0.2) is 0 Å². The number of nitrogens with two attached hydrogens (primary N) is 1. The van der Waals surface area contributed by atoms with Gasteiger partial charge >= 0.3 is 6.09 Å². The van der Waals surface area contributed by atoms with Gasteiger partial charge in [0, 0.05) is 6.04 Å². The highest BCUT2D eigenvalue weighted by Gasteiger charge is 2.29. The third-order valence-corrected chi connectivity index (χ3v) is 6.33. The van der Waals surface area contributed by atoms with Crippen molar-refractivity contribution in [2.24, 2.45) is 0 Å². The number of aryl methyl sites for hydroxylation is 1. The number of aromatic nitrogens is 2. The molecule has 0 saturated heterocycles. The quantitative estimate of drug-likeness (QED) is 0.597. The monoisotopic (exact) mass is 414 g/mol. The van der Waals surface area contributed by atoms with Gasteiger partial charge in [0.25, 0.3) is 0 Å². The second kappa shape index (κ2) is 8.18. The lowest BCUT2D eigenvalue weighted by Crippen LogP contribution is -2.35. The maximum absolute atomic E-state index is 13.3. The van der Waals surface area contributed by atoms with E-state index < -0.39 is 22.0 Å². The fourth-order valence-electron chi connectivity index (χ4n) is 2.88. The lowest BCUT2D eigenvalue weighted by atomic mass is 10.2. The summed E-state index contributed by atoms with van der Waals surface area (Å²) in [6.45, 7) is 5.56. The number of hydrogen-bond donors (Lipinski definition) is 3. The van der Waals surface area contributed by atoms with Gasteiger partial charge in [0.2, 0.25) is 9.84 Å². The first-order valence-corrected chi connectivity index (χ1v) is 10.4. The number of carbonyl (C=O) groups is 1. The SMILES string of the molecule is CCc1nn(C[C@H](C)NC(=O)O)c(CC)c1S(=O)(=O)c1ccc(N)c(Cl)c1. The Balaban J connectivity index is 2.57. The molecule has 0 aliphatic carbocycles. The Morgan fingerprint density at radius 1 is 1.37 bits per heavy atom. The van der Waals surface area contributed by atoms with Crippen molar-refractivity contribution in [2.75, 3.05) is 5.73 Å². The molecular weight excluding hydrogens is 392 g/mol. The summed E-state index contributed by atoms with van der Waals surface area (Å²) in [4.78, 5) is 11.0. The molecule has 2 aromatic rings. The molecule has 1 atom stereocenters. The Bertz CT molecular complexity index is 956. The van der Waals surface area contributed by atoms with Crippen molar-refractivity contribution < 1.29 is 18.3 Å². The molecule has 4 N–H and O–H groups in total. The number of halogens is 1. The van der Waals surface area contributed by atoms with E-state index in [1.165, 1.54) is 18.2 Å². The molecule has 2 rings (SSSR count). The van der Waals surface area contributed by atoms with Crippen LogP contribution in [0.3, 0.4) is 0 Å². The van der Waals surface area contributed by atoms with Crippen LogP contribution in [0, 0.1) is 0 Å². The number of nitrogens with one attached hydrogen (secondary N) is 1. The van der Waals surface area contributed by atoms with Crippen LogP contribution in [-0.4, -0.2) is 35.4 Å². The zero-order valence-electron chi connectivity index (χ0n) is 15.4. The number of anilines is 1. The van der Waals surface area contributed by atoms with E-state index in [1.807, 2.05) is 13.8 Å². The van der Waals surface area contributed by atoms with Crippen molar-refractivity contribution in [1.29, 1.82) is 0 Å². The molecule has 1 aromatic carbocycles. The number of nitrogens with zero attached hydrogens (tertiary/aromatic N) is 2. The molecule has 0 fully saturated rings. The van der Waals surface area contributed by atoms with E-state index >= 15 is 0 Å². The number of amides is 1. The summed E-state index contributed by atoms with van der Waals surface area (Å²) in [6.07, 6.45) is -0.310. The van der Waals surface area contributed by atoms with Gasteiger partial charge in [-0.3, -0.25) is 4.68 Å². The molecule has 1 amide bonds. The van der Waals surface area contributed by atoms with Gasteiger partial charge in [0.05, 0.1) is 33.5 Å². The molecule has 1 aromatic heterocycles. The average Bonchev–Trinajstić information content (AvgIpc) is 2.94. The smallest absolute Gasteiger partial charge is 0.404 e. The van der Waals surface area contributed by atoms with E-state index in [0.717, 1.165) is 0 Å². The lowest BCUT2D eigenvalue weighted by Gasteiger charge is -2.14. The number of hydrogen-bond acceptors (Lipinski definition) is 5. The first kappa shape index (κ1) is 21.0. The van der Waals surface area contributed by atoms with Crippen LogP contribution in [0.2, 0.25) is 5.02 Å². The molecule has 0 aliphatic heterocycles. The minimum absolute atomic E-state index is 0.0439. The van der Waals surface area contributed by atoms with E-state index in [1.54, 1.807) is 11.6 Å². The highest BCUT2D eigenvalue weighted by molar-refractivity contribution is 7.91. The van der Waals surface area contributed by atoms with Gasteiger partial charge in [0.1, 0.15) is 4.90 Å². The summed E-state index contributed by atoms with van der Waals surface area (Å²) in [5, 5.41) is 15.8. The minimum Gasteiger partial charge on any atom is -0.465 e. The van der Waals surface area contributed by atoms with Crippen molar-refractivity contribution in [2.45, 2.75) is 56.0 Å². The normalized spacial score (nSPS) is 12.7. The summed E-state index contributed by atoms with van der Waals surface area (Å²) in [5.41, 5.74) is 6.94. The third kappa shape index (κ3) is 4.36. The molecule has 27 heavy (non-hydrogen) atoms. The molecule has 0 bridgehead atoms. The molecule has 0 spiro atoms. The average molecular weight is 415 g/mol. The molecule has 10 heteroatoms. The van der Waals surface area contributed by atoms with Gasteiger partial charge < -0.3 is 16.2 Å². The Hall–Kier alpha value is -2.26. The van der Waals surface area contributed by atoms with E-state index in [4.69, 9.17) is 22.4 Å². The van der Waals surface area contributed by atoms with E-state index in [0.29, 0.717) is 29.9 Å². The number of benzene rings is 1. The summed E-state index contributed by atoms with van der Waals surface area (Å²) in [6, 6.07) is 3.77. The van der Waals surface area contributed by atoms with E-state index in [-0.39, 0.29) is 21.4 Å². The summed E-state index contributed by atoms with van der Waals surface area (Å²) in [5.74, 6) is 0. The van der Waals surface area contributed by atoms with Crippen LogP contribution in [0.4, 0.5) is 10.5 Å². The topological polar surface area (TPSA) is 127 Å². The van der Waals surface area contributed by atoms with Crippen molar-refractivity contribution in [1.82, 2.24) is 15.1 Å². The van der Waals surface area contributed by atoms with Crippen molar-refractivity contribution in [3.8, 4) is 0 Å².